The van der Waals surface area contributed by atoms with Crippen LogP contribution in [0.15, 0.2) is 52.7 Å². The molecule has 0 radical (unpaired) electrons. The Balaban J connectivity index is 1.30. The summed E-state index contributed by atoms with van der Waals surface area (Å²) >= 11 is 1.52. The molecule has 172 valence electrons. The fourth-order valence-electron chi connectivity index (χ4n) is 4.60. The van der Waals surface area contributed by atoms with Crippen molar-refractivity contribution in [3.63, 3.8) is 0 Å². The normalized spacial score (nSPS) is 14.9. The lowest BCUT2D eigenvalue weighted by molar-refractivity contribution is 0.429. The van der Waals surface area contributed by atoms with E-state index in [-0.39, 0.29) is 5.56 Å². The summed E-state index contributed by atoms with van der Waals surface area (Å²) in [4.78, 5) is 26.9. The summed E-state index contributed by atoms with van der Waals surface area (Å²) in [5, 5.41) is 12.9. The number of benzene rings is 1. The van der Waals surface area contributed by atoms with Gasteiger partial charge >= 0.3 is 0 Å². The number of H-pyrrole nitrogens is 1. The monoisotopic (exact) mass is 472 g/mol. The molecule has 1 aromatic carbocycles. The summed E-state index contributed by atoms with van der Waals surface area (Å²) in [5.74, 6) is 2.86. The van der Waals surface area contributed by atoms with Crippen LogP contribution in [0.2, 0.25) is 0 Å². The van der Waals surface area contributed by atoms with E-state index >= 15 is 0 Å². The van der Waals surface area contributed by atoms with Crippen LogP contribution < -0.4 is 5.56 Å². The van der Waals surface area contributed by atoms with Gasteiger partial charge in [0.1, 0.15) is 0 Å². The molecular formula is C24H24N8OS. The molecule has 0 saturated heterocycles. The number of nitrogens with zero attached hydrogens (tertiary/aromatic N) is 7. The van der Waals surface area contributed by atoms with Crippen molar-refractivity contribution < 1.29 is 0 Å². The van der Waals surface area contributed by atoms with Gasteiger partial charge in [-0.15, -0.1) is 10.2 Å². The Morgan fingerprint density at radius 3 is 2.88 bits per heavy atom. The number of nitrogens with one attached hydrogen (secondary N) is 1. The second-order valence-corrected chi connectivity index (χ2v) is 9.73. The summed E-state index contributed by atoms with van der Waals surface area (Å²) < 4.78 is 3.15. The molecule has 1 aliphatic carbocycles. The first-order valence-electron chi connectivity index (χ1n) is 11.5. The number of fused-ring (bicyclic) bond motifs is 3. The van der Waals surface area contributed by atoms with Gasteiger partial charge in [0.25, 0.3) is 11.3 Å². The Morgan fingerprint density at radius 2 is 2.03 bits per heavy atom. The van der Waals surface area contributed by atoms with Crippen LogP contribution in [0.1, 0.15) is 55.0 Å². The first kappa shape index (κ1) is 21.0. The van der Waals surface area contributed by atoms with Gasteiger partial charge in [-0.2, -0.15) is 14.5 Å². The number of thioether (sulfide) groups is 1. The first-order chi connectivity index (χ1) is 16.7. The lowest BCUT2D eigenvalue weighted by atomic mass is 9.89. The standard InChI is InChI=1S/C24H24N8OS/c1-15-6-5-7-16(12-15)14-34-24-27-23(28-29-24)31-11-10-19-18(21(31)33)13-25-22-26-20(30-32(19)22)17-8-3-2-4-9-17/h5-7,10-13,17H,2-4,8-9,14H2,1H3,(H,27,28,29). The zero-order chi connectivity index (χ0) is 23.1. The number of aromatic nitrogens is 8. The molecule has 4 heterocycles. The minimum absolute atomic E-state index is 0.229. The molecule has 1 fully saturated rings. The van der Waals surface area contributed by atoms with Crippen molar-refractivity contribution in [1.82, 2.24) is 39.3 Å². The minimum atomic E-state index is -0.229. The third kappa shape index (κ3) is 3.87. The van der Waals surface area contributed by atoms with E-state index in [9.17, 15) is 4.79 Å². The Bertz CT molecular complexity index is 1550. The highest BCUT2D eigenvalue weighted by molar-refractivity contribution is 7.98. The summed E-state index contributed by atoms with van der Waals surface area (Å²) in [7, 11) is 0. The van der Waals surface area contributed by atoms with Gasteiger partial charge in [0.05, 0.1) is 10.9 Å². The first-order valence-corrected chi connectivity index (χ1v) is 12.5. The molecule has 0 bridgehead atoms. The Kier molecular flexibility index (Phi) is 5.37. The lowest BCUT2D eigenvalue weighted by Crippen LogP contribution is -2.20. The molecular weight excluding hydrogens is 448 g/mol. The average Bonchev–Trinajstić information content (AvgIpc) is 3.51. The van der Waals surface area contributed by atoms with Gasteiger partial charge in [0.15, 0.2) is 5.82 Å². The zero-order valence-electron chi connectivity index (χ0n) is 18.8. The molecule has 5 aromatic rings. The van der Waals surface area contributed by atoms with Crippen LogP contribution in [0.4, 0.5) is 0 Å². The molecule has 0 amide bonds. The van der Waals surface area contributed by atoms with Crippen LogP contribution in [0.5, 0.6) is 0 Å². The second-order valence-electron chi connectivity index (χ2n) is 8.78. The lowest BCUT2D eigenvalue weighted by Gasteiger charge is -2.17. The van der Waals surface area contributed by atoms with Gasteiger partial charge < -0.3 is 0 Å². The van der Waals surface area contributed by atoms with Gasteiger partial charge in [0, 0.05) is 24.1 Å². The summed E-state index contributed by atoms with van der Waals surface area (Å²) in [6.07, 6.45) is 9.18. The second kappa shape index (κ2) is 8.68. The minimum Gasteiger partial charge on any atom is -0.268 e. The molecule has 0 spiro atoms. The van der Waals surface area contributed by atoms with Crippen molar-refractivity contribution in [1.29, 1.82) is 0 Å². The van der Waals surface area contributed by atoms with E-state index in [1.54, 1.807) is 16.9 Å². The van der Waals surface area contributed by atoms with E-state index in [0.29, 0.717) is 33.7 Å². The van der Waals surface area contributed by atoms with Crippen LogP contribution in [0.3, 0.4) is 0 Å². The summed E-state index contributed by atoms with van der Waals surface area (Å²) in [5.41, 5.74) is 2.88. The highest BCUT2D eigenvalue weighted by atomic mass is 32.2. The van der Waals surface area contributed by atoms with Crippen molar-refractivity contribution in [3.05, 3.63) is 70.0 Å². The number of aryl methyl sites for hydroxylation is 1. The molecule has 10 heteroatoms. The fraction of sp³-hybridized carbons (Fsp3) is 0.333. The molecule has 4 aromatic heterocycles. The molecule has 1 N–H and O–H groups in total. The SMILES string of the molecule is Cc1cccc(CSc2n[nH]c(-n3ccc4c(cnc5nc(C6CCCCC6)nn54)c3=O)n2)c1. The maximum Gasteiger partial charge on any atom is 0.268 e. The van der Waals surface area contributed by atoms with Gasteiger partial charge in [-0.05, 0) is 31.4 Å². The van der Waals surface area contributed by atoms with Crippen LogP contribution in [-0.2, 0) is 5.75 Å². The third-order valence-electron chi connectivity index (χ3n) is 6.35. The summed E-state index contributed by atoms with van der Waals surface area (Å²) in [6.45, 7) is 2.07. The largest absolute Gasteiger partial charge is 0.268 e. The van der Waals surface area contributed by atoms with E-state index in [0.717, 1.165) is 24.4 Å². The van der Waals surface area contributed by atoms with Crippen LogP contribution in [0, 0.1) is 6.92 Å². The van der Waals surface area contributed by atoms with Crippen molar-refractivity contribution in [3.8, 4) is 5.95 Å². The molecule has 1 saturated carbocycles. The number of pyridine rings is 1. The van der Waals surface area contributed by atoms with Gasteiger partial charge in [0.2, 0.25) is 11.1 Å². The Hall–Kier alpha value is -3.53. The number of rotatable bonds is 5. The quantitative estimate of drug-likeness (QED) is 0.382. The maximum absolute atomic E-state index is 13.3. The van der Waals surface area contributed by atoms with Crippen molar-refractivity contribution in [2.75, 3.05) is 0 Å². The number of aromatic amines is 1. The average molecular weight is 473 g/mol. The summed E-state index contributed by atoms with van der Waals surface area (Å²) in [6, 6.07) is 10.2. The van der Waals surface area contributed by atoms with Gasteiger partial charge in [-0.3, -0.25) is 9.36 Å². The number of hydrogen-bond acceptors (Lipinski definition) is 7. The Labute approximate surface area is 199 Å². The number of hydrogen-bond donors (Lipinski definition) is 1. The van der Waals surface area contributed by atoms with Crippen molar-refractivity contribution >= 4 is 28.4 Å². The predicted molar refractivity (Wildman–Crippen MR) is 130 cm³/mol. The van der Waals surface area contributed by atoms with Crippen molar-refractivity contribution in [2.24, 2.45) is 0 Å². The molecule has 0 atom stereocenters. The van der Waals surface area contributed by atoms with Crippen LogP contribution in [0.25, 0.3) is 22.6 Å². The molecule has 9 nitrogen and oxygen atoms in total. The van der Waals surface area contributed by atoms with Crippen LogP contribution >= 0.6 is 11.8 Å². The molecule has 34 heavy (non-hydrogen) atoms. The molecule has 0 aliphatic heterocycles. The highest BCUT2D eigenvalue weighted by Crippen LogP contribution is 2.31. The topological polar surface area (TPSA) is 107 Å². The maximum atomic E-state index is 13.3. The third-order valence-corrected chi connectivity index (χ3v) is 7.27. The van der Waals surface area contributed by atoms with E-state index in [4.69, 9.17) is 5.10 Å². The molecule has 0 unspecified atom stereocenters. The smallest absolute Gasteiger partial charge is 0.268 e. The van der Waals surface area contributed by atoms with E-state index in [2.05, 4.69) is 50.3 Å². The van der Waals surface area contributed by atoms with Crippen LogP contribution in [-0.4, -0.2) is 39.3 Å². The molecule has 6 rings (SSSR count). The van der Waals surface area contributed by atoms with Crippen molar-refractivity contribution in [2.45, 2.75) is 55.9 Å². The van der Waals surface area contributed by atoms with E-state index < -0.39 is 0 Å². The van der Waals surface area contributed by atoms with E-state index in [1.807, 2.05) is 12.1 Å². The highest BCUT2D eigenvalue weighted by Gasteiger charge is 2.21. The van der Waals surface area contributed by atoms with E-state index in [1.165, 1.54) is 46.7 Å². The molecule has 1 aliphatic rings. The Morgan fingerprint density at radius 1 is 1.15 bits per heavy atom. The van der Waals surface area contributed by atoms with Gasteiger partial charge in [-0.1, -0.05) is 60.9 Å². The fourth-order valence-corrected chi connectivity index (χ4v) is 5.33. The van der Waals surface area contributed by atoms with Gasteiger partial charge in [-0.25, -0.2) is 10.1 Å². The predicted octanol–water partition coefficient (Wildman–Crippen LogP) is 4.19. The zero-order valence-corrected chi connectivity index (χ0v) is 19.6.